The number of pyridine rings is 1. The van der Waals surface area contributed by atoms with Crippen molar-refractivity contribution in [2.45, 2.75) is 20.0 Å². The zero-order chi connectivity index (χ0) is 18.3. The summed E-state index contributed by atoms with van der Waals surface area (Å²) >= 11 is 0. The lowest BCUT2D eigenvalue weighted by Crippen LogP contribution is -2.21. The van der Waals surface area contributed by atoms with Gasteiger partial charge in [-0.25, -0.2) is 14.6 Å². The predicted molar refractivity (Wildman–Crippen MR) is 103 cm³/mol. The highest BCUT2D eigenvalue weighted by Gasteiger charge is 2.12. The third kappa shape index (κ3) is 2.52. The van der Waals surface area contributed by atoms with E-state index < -0.39 is 0 Å². The molecule has 0 atom stereocenters. The Kier molecular flexibility index (Phi) is 3.91. The van der Waals surface area contributed by atoms with Crippen LogP contribution in [0.5, 0.6) is 0 Å². The summed E-state index contributed by atoms with van der Waals surface area (Å²) < 4.78 is 3.34. The fraction of sp³-hybridized carbons (Fsp3) is 0.263. The fourth-order valence-corrected chi connectivity index (χ4v) is 3.24. The number of aryl methyl sites for hydroxylation is 1. The molecule has 7 nitrogen and oxygen atoms in total. The molecule has 4 aromatic rings. The van der Waals surface area contributed by atoms with Gasteiger partial charge in [0.2, 0.25) is 0 Å². The van der Waals surface area contributed by atoms with Gasteiger partial charge in [0.15, 0.2) is 5.65 Å². The van der Waals surface area contributed by atoms with Crippen LogP contribution in [-0.2, 0) is 13.1 Å². The third-order valence-corrected chi connectivity index (χ3v) is 4.54. The molecule has 0 aliphatic heterocycles. The number of anilines is 1. The first-order chi connectivity index (χ1) is 12.6. The van der Waals surface area contributed by atoms with Crippen molar-refractivity contribution in [2.24, 2.45) is 0 Å². The number of nitrogens with zero attached hydrogens (tertiary/aromatic N) is 6. The summed E-state index contributed by atoms with van der Waals surface area (Å²) in [6.07, 6.45) is 5.02. The Balaban J connectivity index is 1.83. The standard InChI is InChI=1S/C19H20N6O/c1-4-25-18-16(10-22-25)19(26)24(12-21-18)11-13-9-20-17(23(2)3)15-8-6-5-7-14(13)15/h5-10,12H,4,11H2,1-3H3. The Morgan fingerprint density at radius 1 is 1.04 bits per heavy atom. The molecule has 0 saturated heterocycles. The van der Waals surface area contributed by atoms with E-state index in [2.05, 4.69) is 27.2 Å². The minimum absolute atomic E-state index is 0.0875. The maximum absolute atomic E-state index is 12.8. The van der Waals surface area contributed by atoms with Gasteiger partial charge in [-0.05, 0) is 17.9 Å². The van der Waals surface area contributed by atoms with Gasteiger partial charge in [0.1, 0.15) is 17.5 Å². The minimum Gasteiger partial charge on any atom is -0.362 e. The van der Waals surface area contributed by atoms with Gasteiger partial charge in [0.25, 0.3) is 5.56 Å². The summed E-state index contributed by atoms with van der Waals surface area (Å²) in [5.74, 6) is 0.912. The van der Waals surface area contributed by atoms with Crippen LogP contribution in [0.25, 0.3) is 21.8 Å². The molecule has 26 heavy (non-hydrogen) atoms. The molecular formula is C19H20N6O. The van der Waals surface area contributed by atoms with Crippen molar-refractivity contribution in [2.75, 3.05) is 19.0 Å². The van der Waals surface area contributed by atoms with Gasteiger partial charge in [-0.15, -0.1) is 0 Å². The molecule has 0 spiro atoms. The Morgan fingerprint density at radius 2 is 1.81 bits per heavy atom. The van der Waals surface area contributed by atoms with Crippen molar-refractivity contribution in [3.8, 4) is 0 Å². The zero-order valence-corrected chi connectivity index (χ0v) is 15.0. The van der Waals surface area contributed by atoms with Crippen LogP contribution in [-0.4, -0.2) is 38.4 Å². The maximum Gasteiger partial charge on any atom is 0.264 e. The molecule has 0 amide bonds. The third-order valence-electron chi connectivity index (χ3n) is 4.54. The molecule has 3 aromatic heterocycles. The van der Waals surface area contributed by atoms with Crippen LogP contribution in [0.1, 0.15) is 12.5 Å². The molecule has 0 aliphatic carbocycles. The van der Waals surface area contributed by atoms with Gasteiger partial charge in [0.05, 0.1) is 12.7 Å². The monoisotopic (exact) mass is 348 g/mol. The minimum atomic E-state index is -0.0875. The molecule has 132 valence electrons. The van der Waals surface area contributed by atoms with Crippen LogP contribution < -0.4 is 10.5 Å². The Hall–Kier alpha value is -3.22. The SMILES string of the molecule is CCn1ncc2c(=O)n(Cc3cnc(N(C)C)c4ccccc34)cnc21. The molecule has 0 aliphatic rings. The molecule has 0 fully saturated rings. The molecule has 3 heterocycles. The molecule has 0 bridgehead atoms. The number of benzene rings is 1. The smallest absolute Gasteiger partial charge is 0.264 e. The van der Waals surface area contributed by atoms with Crippen molar-refractivity contribution in [3.63, 3.8) is 0 Å². The van der Waals surface area contributed by atoms with Crippen LogP contribution >= 0.6 is 0 Å². The topological polar surface area (TPSA) is 68.8 Å². The van der Waals surface area contributed by atoms with E-state index in [0.29, 0.717) is 24.1 Å². The van der Waals surface area contributed by atoms with Crippen LogP contribution in [0.15, 0.2) is 47.8 Å². The normalized spacial score (nSPS) is 11.3. The van der Waals surface area contributed by atoms with E-state index in [1.54, 1.807) is 21.8 Å². The Bertz CT molecular complexity index is 1160. The first-order valence-corrected chi connectivity index (χ1v) is 8.55. The van der Waals surface area contributed by atoms with Crippen molar-refractivity contribution >= 4 is 27.6 Å². The number of fused-ring (bicyclic) bond motifs is 2. The molecule has 0 radical (unpaired) electrons. The summed E-state index contributed by atoms with van der Waals surface area (Å²) in [5, 5.41) is 6.92. The fourth-order valence-electron chi connectivity index (χ4n) is 3.24. The summed E-state index contributed by atoms with van der Waals surface area (Å²) in [4.78, 5) is 23.8. The van der Waals surface area contributed by atoms with Gasteiger partial charge in [-0.1, -0.05) is 24.3 Å². The van der Waals surface area contributed by atoms with E-state index in [1.807, 2.05) is 44.2 Å². The summed E-state index contributed by atoms with van der Waals surface area (Å²) in [6.45, 7) is 3.07. The van der Waals surface area contributed by atoms with Gasteiger partial charge in [-0.3, -0.25) is 9.36 Å². The number of rotatable bonds is 4. The second kappa shape index (κ2) is 6.25. The Morgan fingerprint density at radius 3 is 2.54 bits per heavy atom. The summed E-state index contributed by atoms with van der Waals surface area (Å²) in [6, 6.07) is 8.11. The lowest BCUT2D eigenvalue weighted by Gasteiger charge is -2.16. The summed E-state index contributed by atoms with van der Waals surface area (Å²) in [7, 11) is 3.95. The molecule has 4 rings (SSSR count). The molecule has 0 unspecified atom stereocenters. The van der Waals surface area contributed by atoms with E-state index >= 15 is 0 Å². The van der Waals surface area contributed by atoms with Gasteiger partial charge in [0, 0.05) is 32.2 Å². The first-order valence-electron chi connectivity index (χ1n) is 8.55. The molecule has 1 aromatic carbocycles. The largest absolute Gasteiger partial charge is 0.362 e. The average Bonchev–Trinajstić information content (AvgIpc) is 3.07. The number of aromatic nitrogens is 5. The summed E-state index contributed by atoms with van der Waals surface area (Å²) in [5.41, 5.74) is 1.52. The van der Waals surface area contributed by atoms with Crippen LogP contribution in [0, 0.1) is 0 Å². The molecule has 0 N–H and O–H groups in total. The van der Waals surface area contributed by atoms with E-state index in [-0.39, 0.29) is 5.56 Å². The Labute approximate surface area is 150 Å². The van der Waals surface area contributed by atoms with Crippen LogP contribution in [0.3, 0.4) is 0 Å². The zero-order valence-electron chi connectivity index (χ0n) is 15.0. The van der Waals surface area contributed by atoms with Crippen LogP contribution in [0.2, 0.25) is 0 Å². The van der Waals surface area contributed by atoms with E-state index in [1.165, 1.54) is 0 Å². The second-order valence-electron chi connectivity index (χ2n) is 6.42. The van der Waals surface area contributed by atoms with Crippen molar-refractivity contribution in [1.82, 2.24) is 24.3 Å². The predicted octanol–water partition coefficient (Wildman–Crippen LogP) is 2.28. The number of hydrogen-bond acceptors (Lipinski definition) is 5. The lowest BCUT2D eigenvalue weighted by atomic mass is 10.1. The van der Waals surface area contributed by atoms with Gasteiger partial charge >= 0.3 is 0 Å². The van der Waals surface area contributed by atoms with Crippen molar-refractivity contribution in [3.05, 3.63) is 58.9 Å². The van der Waals surface area contributed by atoms with Crippen molar-refractivity contribution < 1.29 is 0 Å². The van der Waals surface area contributed by atoms with Gasteiger partial charge in [-0.2, -0.15) is 5.10 Å². The average molecular weight is 348 g/mol. The molecular weight excluding hydrogens is 328 g/mol. The quantitative estimate of drug-likeness (QED) is 0.566. The van der Waals surface area contributed by atoms with Gasteiger partial charge < -0.3 is 4.90 Å². The van der Waals surface area contributed by atoms with Crippen molar-refractivity contribution in [1.29, 1.82) is 0 Å². The van der Waals surface area contributed by atoms with E-state index in [9.17, 15) is 4.79 Å². The van der Waals surface area contributed by atoms with E-state index in [0.717, 1.165) is 22.2 Å². The highest BCUT2D eigenvalue weighted by Crippen LogP contribution is 2.26. The first kappa shape index (κ1) is 16.3. The lowest BCUT2D eigenvalue weighted by molar-refractivity contribution is 0.671. The molecule has 7 heteroatoms. The second-order valence-corrected chi connectivity index (χ2v) is 6.42. The van der Waals surface area contributed by atoms with E-state index in [4.69, 9.17) is 0 Å². The number of hydrogen-bond donors (Lipinski definition) is 0. The van der Waals surface area contributed by atoms with Crippen LogP contribution in [0.4, 0.5) is 5.82 Å². The highest BCUT2D eigenvalue weighted by atomic mass is 16.1. The molecule has 0 saturated carbocycles. The maximum atomic E-state index is 12.8. The highest BCUT2D eigenvalue weighted by molar-refractivity contribution is 5.94.